The predicted molar refractivity (Wildman–Crippen MR) is 64.9 cm³/mol. The van der Waals surface area contributed by atoms with Crippen molar-refractivity contribution in [3.63, 3.8) is 0 Å². The summed E-state index contributed by atoms with van der Waals surface area (Å²) in [5.41, 5.74) is 0.346. The molecule has 0 aliphatic rings. The molecule has 1 aromatic heterocycles. The maximum atomic E-state index is 10.9. The Morgan fingerprint density at radius 2 is 2.06 bits per heavy atom. The summed E-state index contributed by atoms with van der Waals surface area (Å²) >= 11 is 5.72. The van der Waals surface area contributed by atoms with Crippen molar-refractivity contribution in [1.82, 2.24) is 4.98 Å². The number of rotatable bonds is 3. The number of para-hydroxylation sites is 1. The molecule has 0 amide bonds. The van der Waals surface area contributed by atoms with E-state index in [-0.39, 0.29) is 22.0 Å². The molecule has 0 saturated carbocycles. The third-order valence-corrected chi connectivity index (χ3v) is 2.69. The molecule has 2 N–H and O–H groups in total. The van der Waals surface area contributed by atoms with Gasteiger partial charge in [-0.15, -0.1) is 0 Å². The van der Waals surface area contributed by atoms with Crippen LogP contribution in [0.25, 0.3) is 11.3 Å². The van der Waals surface area contributed by atoms with Gasteiger partial charge in [0, 0.05) is 6.07 Å². The van der Waals surface area contributed by atoms with Gasteiger partial charge in [0.2, 0.25) is 0 Å². The highest BCUT2D eigenvalue weighted by Gasteiger charge is 2.19. The summed E-state index contributed by atoms with van der Waals surface area (Å²) in [4.78, 5) is 23.8. The van der Waals surface area contributed by atoms with E-state index in [1.165, 1.54) is 24.3 Å². The van der Waals surface area contributed by atoms with Gasteiger partial charge in [-0.2, -0.15) is 0 Å². The summed E-state index contributed by atoms with van der Waals surface area (Å²) in [6.45, 7) is 0. The van der Waals surface area contributed by atoms with Gasteiger partial charge in [0.15, 0.2) is 0 Å². The fraction of sp³-hybridized carbons (Fsp3) is 0. The molecule has 18 heavy (non-hydrogen) atoms. The van der Waals surface area contributed by atoms with E-state index in [1.54, 1.807) is 6.07 Å². The molecular formula is C11H7ClN2O4. The summed E-state index contributed by atoms with van der Waals surface area (Å²) in [5.74, 6) is -1.19. The first kappa shape index (κ1) is 12.1. The Kier molecular flexibility index (Phi) is 3.03. The third kappa shape index (κ3) is 2.05. The Morgan fingerprint density at radius 1 is 1.39 bits per heavy atom. The lowest BCUT2D eigenvalue weighted by Gasteiger charge is -1.99. The first-order valence-electron chi connectivity index (χ1n) is 4.86. The van der Waals surface area contributed by atoms with Crippen molar-refractivity contribution in [3.8, 4) is 11.3 Å². The van der Waals surface area contributed by atoms with E-state index in [9.17, 15) is 14.9 Å². The van der Waals surface area contributed by atoms with Crippen LogP contribution >= 0.6 is 11.6 Å². The van der Waals surface area contributed by atoms with Crippen molar-refractivity contribution in [1.29, 1.82) is 0 Å². The van der Waals surface area contributed by atoms with Crippen molar-refractivity contribution in [3.05, 3.63) is 51.2 Å². The maximum Gasteiger partial charge on any atom is 0.338 e. The number of hydrogen-bond donors (Lipinski definition) is 2. The van der Waals surface area contributed by atoms with Crippen LogP contribution in [0.3, 0.4) is 0 Å². The highest BCUT2D eigenvalue weighted by Crippen LogP contribution is 2.31. The number of carboxylic acids is 1. The SMILES string of the molecule is O=C(O)c1cc(-c2ccccc2[N+](=O)[O-])[nH]c1Cl. The minimum atomic E-state index is -1.19. The summed E-state index contributed by atoms with van der Waals surface area (Å²) in [5, 5.41) is 19.7. The van der Waals surface area contributed by atoms with E-state index in [0.29, 0.717) is 5.69 Å². The topological polar surface area (TPSA) is 96.2 Å². The smallest absolute Gasteiger partial charge is 0.338 e. The maximum absolute atomic E-state index is 10.9. The molecule has 1 heterocycles. The van der Waals surface area contributed by atoms with Crippen LogP contribution in [0.2, 0.25) is 5.15 Å². The van der Waals surface area contributed by atoms with E-state index in [4.69, 9.17) is 16.7 Å². The zero-order valence-electron chi connectivity index (χ0n) is 8.88. The van der Waals surface area contributed by atoms with Crippen molar-refractivity contribution in [2.75, 3.05) is 0 Å². The van der Waals surface area contributed by atoms with Gasteiger partial charge in [-0.1, -0.05) is 23.7 Å². The van der Waals surface area contributed by atoms with Gasteiger partial charge in [-0.05, 0) is 12.1 Å². The van der Waals surface area contributed by atoms with Gasteiger partial charge < -0.3 is 10.1 Å². The summed E-state index contributed by atoms with van der Waals surface area (Å²) in [6.07, 6.45) is 0. The minimum absolute atomic E-state index is 0.0596. The molecule has 1 aromatic carbocycles. The Balaban J connectivity index is 2.59. The van der Waals surface area contributed by atoms with E-state index < -0.39 is 10.9 Å². The number of nitro benzene ring substituents is 1. The molecule has 0 saturated heterocycles. The van der Waals surface area contributed by atoms with E-state index in [1.807, 2.05) is 0 Å². The number of hydrogen-bond acceptors (Lipinski definition) is 3. The van der Waals surface area contributed by atoms with E-state index in [0.717, 1.165) is 0 Å². The molecular weight excluding hydrogens is 260 g/mol. The molecule has 0 atom stereocenters. The summed E-state index contributed by atoms with van der Waals surface area (Å²) in [7, 11) is 0. The predicted octanol–water partition coefficient (Wildman–Crippen LogP) is 2.94. The molecule has 0 bridgehead atoms. The van der Waals surface area contributed by atoms with Crippen molar-refractivity contribution >= 4 is 23.3 Å². The second-order valence-corrected chi connectivity index (χ2v) is 3.87. The van der Waals surface area contributed by atoms with Gasteiger partial charge in [0.05, 0.1) is 21.7 Å². The van der Waals surface area contributed by atoms with Crippen LogP contribution < -0.4 is 0 Å². The Labute approximate surface area is 106 Å². The second kappa shape index (κ2) is 4.50. The summed E-state index contributed by atoms with van der Waals surface area (Å²) < 4.78 is 0. The van der Waals surface area contributed by atoms with Crippen LogP contribution in [0.4, 0.5) is 5.69 Å². The molecule has 0 spiro atoms. The fourth-order valence-corrected chi connectivity index (χ4v) is 1.83. The van der Waals surface area contributed by atoms with Crippen molar-refractivity contribution in [2.24, 2.45) is 0 Å². The number of H-pyrrole nitrogens is 1. The highest BCUT2D eigenvalue weighted by molar-refractivity contribution is 6.32. The molecule has 7 heteroatoms. The standard InChI is InChI=1S/C11H7ClN2O4/c12-10-7(11(15)16)5-8(13-10)6-3-1-2-4-9(6)14(17)18/h1-5,13H,(H,15,16). The quantitative estimate of drug-likeness (QED) is 0.659. The monoisotopic (exact) mass is 266 g/mol. The number of carboxylic acid groups (broad SMARTS) is 1. The molecule has 2 rings (SSSR count). The molecule has 0 radical (unpaired) electrons. The van der Waals surface area contributed by atoms with Gasteiger partial charge >= 0.3 is 5.97 Å². The molecule has 6 nitrogen and oxygen atoms in total. The van der Waals surface area contributed by atoms with Crippen LogP contribution in [0.15, 0.2) is 30.3 Å². The van der Waals surface area contributed by atoms with Crippen LogP contribution in [-0.4, -0.2) is 21.0 Å². The average molecular weight is 267 g/mol. The van der Waals surface area contributed by atoms with Crippen molar-refractivity contribution < 1.29 is 14.8 Å². The molecule has 0 unspecified atom stereocenters. The van der Waals surface area contributed by atoms with Crippen LogP contribution in [0.5, 0.6) is 0 Å². The average Bonchev–Trinajstić information content (AvgIpc) is 2.71. The first-order valence-corrected chi connectivity index (χ1v) is 5.24. The minimum Gasteiger partial charge on any atom is -0.478 e. The lowest BCUT2D eigenvalue weighted by molar-refractivity contribution is -0.384. The Hall–Kier alpha value is -2.34. The van der Waals surface area contributed by atoms with E-state index in [2.05, 4.69) is 4.98 Å². The number of aromatic carboxylic acids is 1. The molecule has 0 aliphatic carbocycles. The van der Waals surface area contributed by atoms with Crippen LogP contribution in [0.1, 0.15) is 10.4 Å². The van der Waals surface area contributed by atoms with Crippen LogP contribution in [-0.2, 0) is 0 Å². The molecule has 92 valence electrons. The lowest BCUT2D eigenvalue weighted by atomic mass is 10.1. The number of nitro groups is 1. The van der Waals surface area contributed by atoms with Gasteiger partial charge in [-0.25, -0.2) is 4.79 Å². The number of aromatic amines is 1. The highest BCUT2D eigenvalue weighted by atomic mass is 35.5. The molecule has 0 aliphatic heterocycles. The Morgan fingerprint density at radius 3 is 2.61 bits per heavy atom. The number of nitrogens with one attached hydrogen (secondary N) is 1. The normalized spacial score (nSPS) is 10.3. The largest absolute Gasteiger partial charge is 0.478 e. The third-order valence-electron chi connectivity index (χ3n) is 2.39. The fourth-order valence-electron chi connectivity index (χ4n) is 1.59. The lowest BCUT2D eigenvalue weighted by Crippen LogP contribution is -1.93. The second-order valence-electron chi connectivity index (χ2n) is 3.49. The zero-order valence-corrected chi connectivity index (χ0v) is 9.64. The number of carbonyl (C=O) groups is 1. The number of halogens is 1. The first-order chi connectivity index (χ1) is 8.50. The number of nitrogens with zero attached hydrogens (tertiary/aromatic N) is 1. The number of aromatic nitrogens is 1. The van der Waals surface area contributed by atoms with Gasteiger partial charge in [0.1, 0.15) is 5.15 Å². The van der Waals surface area contributed by atoms with Gasteiger partial charge in [-0.3, -0.25) is 10.1 Å². The number of benzene rings is 1. The van der Waals surface area contributed by atoms with Crippen LogP contribution in [0, 0.1) is 10.1 Å². The molecule has 0 fully saturated rings. The molecule has 2 aromatic rings. The van der Waals surface area contributed by atoms with Crippen molar-refractivity contribution in [2.45, 2.75) is 0 Å². The zero-order chi connectivity index (χ0) is 13.3. The van der Waals surface area contributed by atoms with Gasteiger partial charge in [0.25, 0.3) is 5.69 Å². The summed E-state index contributed by atoms with van der Waals surface area (Å²) in [6, 6.07) is 7.28. The Bertz CT molecular complexity index is 636. The van der Waals surface area contributed by atoms with E-state index >= 15 is 0 Å².